The summed E-state index contributed by atoms with van der Waals surface area (Å²) in [6, 6.07) is 18.7. The fraction of sp³-hybridized carbons (Fsp3) is 0.0588. The van der Waals surface area contributed by atoms with E-state index < -0.39 is 0 Å². The number of para-hydroxylation sites is 1. The summed E-state index contributed by atoms with van der Waals surface area (Å²) in [6.45, 7) is 0. The summed E-state index contributed by atoms with van der Waals surface area (Å²) in [6.07, 6.45) is 1.59. The van der Waals surface area contributed by atoms with Crippen LogP contribution in [0.1, 0.15) is 5.56 Å². The lowest BCUT2D eigenvalue weighted by molar-refractivity contribution is -0.114. The smallest absolute Gasteiger partial charge is 0.268 e. The van der Waals surface area contributed by atoms with Crippen LogP contribution in [0.5, 0.6) is 0 Å². The number of benzene rings is 2. The first kappa shape index (κ1) is 15.0. The van der Waals surface area contributed by atoms with Crippen LogP contribution in [-0.2, 0) is 4.79 Å². The van der Waals surface area contributed by atoms with E-state index in [2.05, 4.69) is 15.9 Å². The fourth-order valence-electron chi connectivity index (χ4n) is 1.85. The van der Waals surface area contributed by atoms with Gasteiger partial charge in [-0.1, -0.05) is 46.3 Å². The Morgan fingerprint density at radius 3 is 2.52 bits per heavy atom. The molecule has 2 aromatic carbocycles. The molecule has 0 saturated carbocycles. The highest BCUT2D eigenvalue weighted by Gasteiger charge is 2.15. The first-order valence-corrected chi connectivity index (χ1v) is 7.11. The van der Waals surface area contributed by atoms with Gasteiger partial charge in [-0.3, -0.25) is 4.79 Å². The van der Waals surface area contributed by atoms with E-state index in [0.717, 1.165) is 15.7 Å². The number of nitrogens with zero attached hydrogens (tertiary/aromatic N) is 2. The van der Waals surface area contributed by atoms with Crippen LogP contribution < -0.4 is 4.90 Å². The normalized spacial score (nSPS) is 10.8. The molecule has 2 aromatic rings. The average Bonchev–Trinajstić information content (AvgIpc) is 2.52. The Kier molecular flexibility index (Phi) is 4.91. The van der Waals surface area contributed by atoms with Gasteiger partial charge in [0.2, 0.25) is 0 Å². The summed E-state index contributed by atoms with van der Waals surface area (Å²) in [7, 11) is 1.66. The van der Waals surface area contributed by atoms with Crippen molar-refractivity contribution in [1.29, 1.82) is 5.26 Å². The molecule has 3 nitrogen and oxygen atoms in total. The van der Waals surface area contributed by atoms with Gasteiger partial charge in [-0.25, -0.2) is 0 Å². The molecule has 0 atom stereocenters. The van der Waals surface area contributed by atoms with E-state index in [-0.39, 0.29) is 11.5 Å². The molecule has 21 heavy (non-hydrogen) atoms. The third-order valence-corrected chi connectivity index (χ3v) is 3.45. The zero-order valence-corrected chi connectivity index (χ0v) is 13.0. The molecule has 104 valence electrons. The number of carbonyl (C=O) groups excluding carboxylic acids is 1. The molecule has 0 fully saturated rings. The molecule has 0 saturated heterocycles. The van der Waals surface area contributed by atoms with Gasteiger partial charge in [-0.15, -0.1) is 0 Å². The van der Waals surface area contributed by atoms with E-state index >= 15 is 0 Å². The maximum Gasteiger partial charge on any atom is 0.268 e. The molecule has 0 unspecified atom stereocenters. The van der Waals surface area contributed by atoms with Crippen molar-refractivity contribution < 1.29 is 4.79 Å². The zero-order valence-electron chi connectivity index (χ0n) is 11.5. The van der Waals surface area contributed by atoms with E-state index in [1.807, 2.05) is 60.7 Å². The molecule has 0 bridgehead atoms. The third-order valence-electron chi connectivity index (χ3n) is 2.96. The molecule has 0 N–H and O–H groups in total. The van der Waals surface area contributed by atoms with Crippen LogP contribution in [0.15, 0.2) is 64.6 Å². The van der Waals surface area contributed by atoms with Crippen molar-refractivity contribution in [3.8, 4) is 6.07 Å². The molecular weight excluding hydrogens is 328 g/mol. The lowest BCUT2D eigenvalue weighted by atomic mass is 10.1. The zero-order chi connectivity index (χ0) is 15.2. The third kappa shape index (κ3) is 3.80. The van der Waals surface area contributed by atoms with E-state index in [4.69, 9.17) is 0 Å². The highest BCUT2D eigenvalue weighted by molar-refractivity contribution is 9.10. The summed E-state index contributed by atoms with van der Waals surface area (Å²) in [5.41, 5.74) is 1.65. The molecule has 0 aliphatic carbocycles. The minimum absolute atomic E-state index is 0.0967. The molecule has 0 aromatic heterocycles. The Morgan fingerprint density at radius 1 is 1.19 bits per heavy atom. The lowest BCUT2D eigenvalue weighted by Crippen LogP contribution is -2.27. The fourth-order valence-corrected chi connectivity index (χ4v) is 2.27. The van der Waals surface area contributed by atoms with E-state index in [1.54, 1.807) is 13.1 Å². The predicted octanol–water partition coefficient (Wildman–Crippen LogP) is 4.02. The number of anilines is 1. The standard InChI is InChI=1S/C17H13BrN2O/c1-20(16-8-3-2-4-9-16)17(21)14(12-19)10-13-6-5-7-15(18)11-13/h2-11H,1H3/b14-10+. The number of rotatable bonds is 3. The number of hydrogen-bond donors (Lipinski definition) is 0. The van der Waals surface area contributed by atoms with Gasteiger partial charge in [0, 0.05) is 17.2 Å². The molecule has 4 heteroatoms. The van der Waals surface area contributed by atoms with Gasteiger partial charge >= 0.3 is 0 Å². The molecule has 0 radical (unpaired) electrons. The first-order chi connectivity index (χ1) is 10.1. The SMILES string of the molecule is CN(C(=O)/C(C#N)=C/c1cccc(Br)c1)c1ccccc1. The molecular formula is C17H13BrN2O. The average molecular weight is 341 g/mol. The van der Waals surface area contributed by atoms with Crippen molar-refractivity contribution >= 4 is 33.6 Å². The van der Waals surface area contributed by atoms with Crippen LogP contribution in [0.3, 0.4) is 0 Å². The van der Waals surface area contributed by atoms with Crippen LogP contribution >= 0.6 is 15.9 Å². The van der Waals surface area contributed by atoms with Crippen molar-refractivity contribution in [3.05, 3.63) is 70.2 Å². The topological polar surface area (TPSA) is 44.1 Å². The molecule has 1 amide bonds. The molecule has 0 heterocycles. The Morgan fingerprint density at radius 2 is 1.90 bits per heavy atom. The van der Waals surface area contributed by atoms with Crippen LogP contribution in [0.2, 0.25) is 0 Å². The van der Waals surface area contributed by atoms with Crippen LogP contribution in [0.4, 0.5) is 5.69 Å². The summed E-state index contributed by atoms with van der Waals surface area (Å²) in [4.78, 5) is 13.9. The van der Waals surface area contributed by atoms with Crippen molar-refractivity contribution in [3.63, 3.8) is 0 Å². The summed E-state index contributed by atoms with van der Waals surface area (Å²) in [5.74, 6) is -0.330. The van der Waals surface area contributed by atoms with Gasteiger partial charge in [0.25, 0.3) is 5.91 Å². The monoisotopic (exact) mass is 340 g/mol. The van der Waals surface area contributed by atoms with Gasteiger partial charge in [0.1, 0.15) is 11.6 Å². The Hall–Kier alpha value is -2.38. The van der Waals surface area contributed by atoms with Crippen LogP contribution in [-0.4, -0.2) is 13.0 Å². The Balaban J connectivity index is 2.29. The molecule has 0 spiro atoms. The predicted molar refractivity (Wildman–Crippen MR) is 87.6 cm³/mol. The maximum absolute atomic E-state index is 12.4. The Bertz CT molecular complexity index is 717. The summed E-state index contributed by atoms with van der Waals surface area (Å²) in [5, 5.41) is 9.25. The van der Waals surface area contributed by atoms with E-state index in [0.29, 0.717) is 0 Å². The highest BCUT2D eigenvalue weighted by Crippen LogP contribution is 2.17. The number of carbonyl (C=O) groups is 1. The number of amides is 1. The van der Waals surface area contributed by atoms with Gasteiger partial charge < -0.3 is 4.90 Å². The first-order valence-electron chi connectivity index (χ1n) is 6.32. The van der Waals surface area contributed by atoms with Gasteiger partial charge in [0.05, 0.1) is 0 Å². The largest absolute Gasteiger partial charge is 0.311 e. The van der Waals surface area contributed by atoms with Crippen molar-refractivity contribution in [1.82, 2.24) is 0 Å². The lowest BCUT2D eigenvalue weighted by Gasteiger charge is -2.16. The summed E-state index contributed by atoms with van der Waals surface area (Å²) < 4.78 is 0.900. The maximum atomic E-state index is 12.4. The van der Waals surface area contributed by atoms with Gasteiger partial charge in [-0.2, -0.15) is 5.26 Å². The number of nitriles is 1. The van der Waals surface area contributed by atoms with E-state index in [1.165, 1.54) is 4.90 Å². The number of halogens is 1. The minimum Gasteiger partial charge on any atom is -0.311 e. The van der Waals surface area contributed by atoms with Crippen LogP contribution in [0, 0.1) is 11.3 Å². The van der Waals surface area contributed by atoms with Crippen molar-refractivity contribution in [2.75, 3.05) is 11.9 Å². The van der Waals surface area contributed by atoms with E-state index in [9.17, 15) is 10.1 Å². The van der Waals surface area contributed by atoms with Crippen molar-refractivity contribution in [2.45, 2.75) is 0 Å². The second kappa shape index (κ2) is 6.87. The number of likely N-dealkylation sites (N-methyl/N-ethyl adjacent to an activating group) is 1. The van der Waals surface area contributed by atoms with Gasteiger partial charge in [0.15, 0.2) is 0 Å². The number of hydrogen-bond acceptors (Lipinski definition) is 2. The quantitative estimate of drug-likeness (QED) is 0.625. The van der Waals surface area contributed by atoms with Crippen molar-refractivity contribution in [2.24, 2.45) is 0 Å². The molecule has 0 aliphatic heterocycles. The highest BCUT2D eigenvalue weighted by atomic mass is 79.9. The second-order valence-electron chi connectivity index (χ2n) is 4.42. The minimum atomic E-state index is -0.330. The molecule has 0 aliphatic rings. The molecule has 2 rings (SSSR count). The summed E-state index contributed by atoms with van der Waals surface area (Å²) >= 11 is 3.37. The van der Waals surface area contributed by atoms with Gasteiger partial charge in [-0.05, 0) is 35.9 Å². The Labute approximate surface area is 132 Å². The second-order valence-corrected chi connectivity index (χ2v) is 5.34. The van der Waals surface area contributed by atoms with Crippen LogP contribution in [0.25, 0.3) is 6.08 Å².